The lowest BCUT2D eigenvalue weighted by molar-refractivity contribution is -0.173. The molecule has 3 aliphatic heterocycles. The van der Waals surface area contributed by atoms with Crippen molar-refractivity contribution >= 4 is 52.8 Å². The number of carbonyl (C=O) groups is 3. The van der Waals surface area contributed by atoms with Crippen LogP contribution >= 0.6 is 0 Å². The standard InChI is InChI=1S/2C35H50N6O4.C31H42N6O4/c2*1-24-20-37-31(19-28(24)29-7-6-8-30(41-29)38-23-34(22-36)15-17-43-18-16-34)40-27-11-9-26(10-12-27)39-25(2)21-44-35(13-14-35)32(42)45-33(3,4)5;1-21-17-33-28(36-24-8-6-23(7-9-24)35-22(2)18-41-31(10-11-31)29(38)39)16-25(21)26-4-3-5-27(37-26)34-20-30(19-32)12-14-40-15-13-30/h2*6-8,19-20,25-27,39H,9-18,21,23H2,1-5H3,(H,37,40)(H,38,41);3-5,16-17,22-24,35H,6-15,18,20H2,1-2H3,(H,33,36)(H,34,37)(H,38,39)/t2*25-,26?,27?;22-,23?,24?/m101/s1. The average Bonchev–Trinajstić information content (AvgIpc) is 1.60. The minimum Gasteiger partial charge on any atom is -0.479 e. The van der Waals surface area contributed by atoms with Crippen LogP contribution in [-0.4, -0.2) is 214 Å². The minimum absolute atomic E-state index is 0.113. The molecule has 6 saturated carbocycles. The van der Waals surface area contributed by atoms with Crippen LogP contribution in [0.3, 0.4) is 0 Å². The summed E-state index contributed by atoms with van der Waals surface area (Å²) in [6, 6.07) is 34.4. The molecule has 15 rings (SSSR count). The van der Waals surface area contributed by atoms with Crippen LogP contribution in [0.4, 0.5) is 34.9 Å². The highest BCUT2D eigenvalue weighted by atomic mass is 16.6. The summed E-state index contributed by atoms with van der Waals surface area (Å²) in [5.41, 5.74) is 4.24. The van der Waals surface area contributed by atoms with Gasteiger partial charge in [0.05, 0.1) is 71.4 Å². The van der Waals surface area contributed by atoms with Gasteiger partial charge >= 0.3 is 17.9 Å². The molecule has 30 nitrogen and oxygen atoms in total. The summed E-state index contributed by atoms with van der Waals surface area (Å²) in [7, 11) is 0. The maximum Gasteiger partial charge on any atom is 0.338 e. The van der Waals surface area contributed by atoms with Crippen LogP contribution in [0.15, 0.2) is 91.4 Å². The van der Waals surface area contributed by atoms with E-state index < -0.39 is 50.2 Å². The van der Waals surface area contributed by atoms with E-state index in [1.54, 1.807) is 0 Å². The molecule has 0 amide bonds. The van der Waals surface area contributed by atoms with Crippen LogP contribution in [0.25, 0.3) is 33.8 Å². The molecule has 10 N–H and O–H groups in total. The van der Waals surface area contributed by atoms with Gasteiger partial charge in [-0.3, -0.25) is 0 Å². The van der Waals surface area contributed by atoms with E-state index in [2.05, 4.69) is 134 Å². The Morgan fingerprint density at radius 2 is 0.664 bits per heavy atom. The van der Waals surface area contributed by atoms with Gasteiger partial charge in [0.1, 0.15) is 46.1 Å². The van der Waals surface area contributed by atoms with Gasteiger partial charge in [0, 0.05) is 149 Å². The Kier molecular flexibility index (Phi) is 33.4. The Morgan fingerprint density at radius 1 is 0.405 bits per heavy atom. The Morgan fingerprint density at radius 3 is 0.908 bits per heavy atom. The summed E-state index contributed by atoms with van der Waals surface area (Å²) in [5.74, 6) is 3.54. The minimum atomic E-state index is -0.935. The molecule has 6 aromatic rings. The van der Waals surface area contributed by atoms with Crippen LogP contribution in [0.2, 0.25) is 0 Å². The summed E-state index contributed by atoms with van der Waals surface area (Å²) in [6.07, 6.45) is 26.8. The van der Waals surface area contributed by atoms with Crippen molar-refractivity contribution < 1.29 is 57.4 Å². The Bertz CT molecular complexity index is 4700. The second kappa shape index (κ2) is 44.4. The molecule has 131 heavy (non-hydrogen) atoms. The number of anilines is 6. The molecule has 708 valence electrons. The van der Waals surface area contributed by atoms with E-state index in [9.17, 15) is 35.3 Å². The van der Waals surface area contributed by atoms with Gasteiger partial charge in [0.2, 0.25) is 0 Å². The normalized spacial score (nSPS) is 23.2. The summed E-state index contributed by atoms with van der Waals surface area (Å²) in [4.78, 5) is 65.1. The van der Waals surface area contributed by atoms with Gasteiger partial charge in [0.25, 0.3) is 0 Å². The third-order valence-corrected chi connectivity index (χ3v) is 26.9. The molecule has 0 aromatic carbocycles. The molecule has 6 aromatic heterocycles. The van der Waals surface area contributed by atoms with Gasteiger partial charge in [-0.1, -0.05) is 18.2 Å². The number of carbonyl (C=O) groups excluding carboxylic acids is 2. The van der Waals surface area contributed by atoms with Crippen molar-refractivity contribution in [1.29, 1.82) is 15.8 Å². The predicted molar refractivity (Wildman–Crippen MR) is 506 cm³/mol. The predicted octanol–water partition coefficient (Wildman–Crippen LogP) is 16.1. The molecular weight excluding hydrogens is 1660 g/mol. The molecule has 9 aliphatic rings. The Balaban J connectivity index is 0.000000167. The number of carboxylic acid groups (broad SMARTS) is 1. The molecule has 0 spiro atoms. The number of nitrogens with one attached hydrogen (secondary N) is 9. The highest BCUT2D eigenvalue weighted by Crippen LogP contribution is 2.45. The largest absolute Gasteiger partial charge is 0.479 e. The van der Waals surface area contributed by atoms with Crippen molar-refractivity contribution in [2.45, 2.75) is 320 Å². The Labute approximate surface area is 774 Å². The van der Waals surface area contributed by atoms with Crippen LogP contribution in [0.1, 0.15) is 233 Å². The number of hydrogen-bond donors (Lipinski definition) is 10. The number of nitriles is 3. The van der Waals surface area contributed by atoms with Crippen molar-refractivity contribution in [2.24, 2.45) is 16.2 Å². The summed E-state index contributed by atoms with van der Waals surface area (Å²) < 4.78 is 45.4. The fraction of sp³-hybridized carbons (Fsp3) is 0.644. The van der Waals surface area contributed by atoms with Crippen molar-refractivity contribution in [3.63, 3.8) is 0 Å². The quantitative estimate of drug-likeness (QED) is 0.0163. The first kappa shape index (κ1) is 98.7. The number of aliphatic carboxylic acids is 1. The first-order valence-electron chi connectivity index (χ1n) is 48.0. The molecular formula is C101H142N18O12. The molecule has 6 aliphatic carbocycles. The van der Waals surface area contributed by atoms with Gasteiger partial charge in [-0.2, -0.15) is 15.8 Å². The van der Waals surface area contributed by atoms with Crippen LogP contribution in [0.5, 0.6) is 0 Å². The number of aromatic nitrogens is 6. The molecule has 3 saturated heterocycles. The molecule has 0 bridgehead atoms. The number of hydrogen-bond acceptors (Lipinski definition) is 29. The molecule has 0 unspecified atom stereocenters. The highest BCUT2D eigenvalue weighted by Gasteiger charge is 2.56. The van der Waals surface area contributed by atoms with Crippen LogP contribution in [-0.2, 0) is 52.3 Å². The zero-order valence-electron chi connectivity index (χ0n) is 79.3. The van der Waals surface area contributed by atoms with E-state index in [1.807, 2.05) is 122 Å². The number of nitrogens with zero attached hydrogens (tertiary/aromatic N) is 9. The van der Waals surface area contributed by atoms with Crippen LogP contribution in [0, 0.1) is 71.0 Å². The van der Waals surface area contributed by atoms with Crippen molar-refractivity contribution in [2.75, 3.05) is 111 Å². The first-order chi connectivity index (χ1) is 62.8. The molecule has 9 heterocycles. The third-order valence-electron chi connectivity index (χ3n) is 26.9. The van der Waals surface area contributed by atoms with Gasteiger partial charge in [-0.25, -0.2) is 44.3 Å². The van der Waals surface area contributed by atoms with Gasteiger partial charge < -0.3 is 90.9 Å². The van der Waals surface area contributed by atoms with E-state index in [1.165, 1.54) is 0 Å². The van der Waals surface area contributed by atoms with Gasteiger partial charge in [-0.05, 0) is 308 Å². The summed E-state index contributed by atoms with van der Waals surface area (Å²) in [6.45, 7) is 30.6. The molecule has 0 radical (unpaired) electrons. The van der Waals surface area contributed by atoms with E-state index in [-0.39, 0.29) is 30.1 Å². The van der Waals surface area contributed by atoms with Gasteiger partial charge in [0.15, 0.2) is 16.8 Å². The van der Waals surface area contributed by atoms with E-state index in [4.69, 9.17) is 52.8 Å². The van der Waals surface area contributed by atoms with Gasteiger partial charge in [-0.15, -0.1) is 0 Å². The third kappa shape index (κ3) is 28.4. The lowest BCUT2D eigenvalue weighted by Gasteiger charge is -2.32. The van der Waals surface area contributed by atoms with Crippen molar-refractivity contribution in [3.8, 4) is 52.0 Å². The number of carboxylic acids is 1. The smallest absolute Gasteiger partial charge is 0.338 e. The fourth-order valence-corrected chi connectivity index (χ4v) is 18.1. The SMILES string of the molecule is Cc1cnc(NC2CCC(N[C@@H](C)COC3(C(=O)OC(C)(C)C)CC3)CC2)cc1-c1cccc(NCC2(C#N)CCOCC2)n1.Cc1cnc(NC2CCC(N[C@H](C)COC3(C(=O)O)CC3)CC2)cc1-c1cccc(NCC2(C#N)CCOCC2)n1.Cc1cnc(NC2CCC(N[C@H](C)COC3(C(=O)OC(C)(C)C)CC3)CC2)cc1-c1cccc(NCC2(C#N)CCOCC2)n1. The first-order valence-corrected chi connectivity index (χ1v) is 48.0. The molecule has 30 heteroatoms. The van der Waals surface area contributed by atoms with E-state index in [0.29, 0.717) is 128 Å². The maximum absolute atomic E-state index is 12.6. The lowest BCUT2D eigenvalue weighted by Crippen LogP contribution is -2.44. The lowest BCUT2D eigenvalue weighted by atomic mass is 9.82. The zero-order valence-corrected chi connectivity index (χ0v) is 79.3. The van der Waals surface area contributed by atoms with Crippen molar-refractivity contribution in [3.05, 3.63) is 108 Å². The molecule has 9 fully saturated rings. The number of aryl methyl sites for hydroxylation is 3. The highest BCUT2D eigenvalue weighted by molar-refractivity contribution is 5.84. The van der Waals surface area contributed by atoms with Crippen LogP contribution < -0.4 is 47.9 Å². The Hall–Kier alpha value is -9.78. The number of esters is 2. The van der Waals surface area contributed by atoms with E-state index in [0.717, 1.165) is 227 Å². The second-order valence-corrected chi connectivity index (χ2v) is 40.5. The summed E-state index contributed by atoms with van der Waals surface area (Å²) in [5, 5.41) is 70.9. The number of rotatable bonds is 36. The monoisotopic (exact) mass is 1800 g/mol. The average molecular weight is 1800 g/mol. The number of pyridine rings is 6. The summed E-state index contributed by atoms with van der Waals surface area (Å²) >= 11 is 0. The van der Waals surface area contributed by atoms with E-state index >= 15 is 0 Å². The molecule has 3 atom stereocenters. The topological polar surface area (TPSA) is 402 Å². The zero-order chi connectivity index (χ0) is 93.0. The second-order valence-electron chi connectivity index (χ2n) is 40.5. The number of ether oxygens (including phenoxy) is 8. The van der Waals surface area contributed by atoms with Crippen molar-refractivity contribution in [1.82, 2.24) is 45.9 Å². The maximum atomic E-state index is 12.6. The fourth-order valence-electron chi connectivity index (χ4n) is 18.1.